The number of piperidine rings is 1. The molecule has 30 heavy (non-hydrogen) atoms. The largest absolute Gasteiger partial charge is 0.347 e. The van der Waals surface area contributed by atoms with E-state index < -0.39 is 6.04 Å². The van der Waals surface area contributed by atoms with Crippen LogP contribution in [0.2, 0.25) is 0 Å². The van der Waals surface area contributed by atoms with E-state index in [1.54, 1.807) is 16.0 Å². The summed E-state index contributed by atoms with van der Waals surface area (Å²) in [6.07, 6.45) is 4.62. The number of aromatic nitrogens is 3. The summed E-state index contributed by atoms with van der Waals surface area (Å²) in [5.74, 6) is 0.609. The third-order valence-corrected chi connectivity index (χ3v) is 6.11. The van der Waals surface area contributed by atoms with Gasteiger partial charge >= 0.3 is 0 Å². The van der Waals surface area contributed by atoms with E-state index in [1.807, 2.05) is 32.0 Å². The van der Waals surface area contributed by atoms with Gasteiger partial charge in [0, 0.05) is 58.0 Å². The molecule has 0 bridgehead atoms. The maximum absolute atomic E-state index is 13.0. The Bertz CT molecular complexity index is 1030. The van der Waals surface area contributed by atoms with Crippen LogP contribution in [0.25, 0.3) is 10.9 Å². The molecule has 0 spiro atoms. The van der Waals surface area contributed by atoms with E-state index in [0.717, 1.165) is 25.0 Å². The molecule has 0 radical (unpaired) electrons. The lowest BCUT2D eigenvalue weighted by atomic mass is 9.93. The van der Waals surface area contributed by atoms with Crippen molar-refractivity contribution in [2.24, 2.45) is 0 Å². The minimum Gasteiger partial charge on any atom is -0.347 e. The highest BCUT2D eigenvalue weighted by Crippen LogP contribution is 2.27. The Labute approximate surface area is 175 Å². The summed E-state index contributed by atoms with van der Waals surface area (Å²) in [5.41, 5.74) is 1.18. The summed E-state index contributed by atoms with van der Waals surface area (Å²) in [4.78, 5) is 54.6. The number of nitrogens with zero attached hydrogens (tertiary/aromatic N) is 5. The molecule has 160 valence electrons. The third kappa shape index (κ3) is 3.76. The number of pyridine rings is 1. The smallest absolute Gasteiger partial charge is 0.259 e. The predicted octanol–water partition coefficient (Wildman–Crippen LogP) is 1.10. The molecule has 9 heteroatoms. The molecule has 2 fully saturated rings. The second-order valence-electron chi connectivity index (χ2n) is 8.41. The van der Waals surface area contributed by atoms with Crippen LogP contribution in [0.5, 0.6) is 0 Å². The van der Waals surface area contributed by atoms with Crippen molar-refractivity contribution in [3.63, 3.8) is 0 Å². The standard InChI is InChI=1S/C21H28N6O3/c1-13(27-9-5-7-18(27)28)20(30)26-8-4-6-14(12-26)16-10-17-15(19(29)23-16)11-22-21(24-17)25(2)3/h10-11,13-14H,4-9,12H2,1-3H3,(H,23,29). The van der Waals surface area contributed by atoms with Crippen LogP contribution in [0.1, 0.15) is 44.2 Å². The predicted molar refractivity (Wildman–Crippen MR) is 113 cm³/mol. The highest BCUT2D eigenvalue weighted by Gasteiger charge is 2.34. The number of H-pyrrole nitrogens is 1. The summed E-state index contributed by atoms with van der Waals surface area (Å²) >= 11 is 0. The summed E-state index contributed by atoms with van der Waals surface area (Å²) in [5, 5.41) is 0.453. The van der Waals surface area contributed by atoms with Gasteiger partial charge in [0.1, 0.15) is 6.04 Å². The number of hydrogen-bond donors (Lipinski definition) is 1. The van der Waals surface area contributed by atoms with Crippen molar-refractivity contribution in [3.8, 4) is 0 Å². The number of fused-ring (bicyclic) bond motifs is 1. The molecule has 1 N–H and O–H groups in total. The van der Waals surface area contributed by atoms with Gasteiger partial charge in [-0.3, -0.25) is 14.4 Å². The number of carbonyl (C=O) groups is 2. The van der Waals surface area contributed by atoms with Crippen molar-refractivity contribution in [2.75, 3.05) is 38.6 Å². The van der Waals surface area contributed by atoms with Gasteiger partial charge in [0.15, 0.2) is 0 Å². The van der Waals surface area contributed by atoms with Gasteiger partial charge in [-0.05, 0) is 32.3 Å². The highest BCUT2D eigenvalue weighted by molar-refractivity contribution is 5.88. The molecular weight excluding hydrogens is 384 g/mol. The van der Waals surface area contributed by atoms with Crippen molar-refractivity contribution < 1.29 is 9.59 Å². The molecule has 2 aliphatic rings. The second kappa shape index (κ2) is 8.04. The van der Waals surface area contributed by atoms with Crippen LogP contribution < -0.4 is 10.5 Å². The first kappa shape index (κ1) is 20.3. The monoisotopic (exact) mass is 412 g/mol. The fraction of sp³-hybridized carbons (Fsp3) is 0.571. The van der Waals surface area contributed by atoms with Crippen LogP contribution in [0, 0.1) is 0 Å². The zero-order valence-corrected chi connectivity index (χ0v) is 17.7. The molecular formula is C21H28N6O3. The summed E-state index contributed by atoms with van der Waals surface area (Å²) in [6, 6.07) is 1.46. The maximum Gasteiger partial charge on any atom is 0.259 e. The minimum absolute atomic E-state index is 0.0182. The van der Waals surface area contributed by atoms with E-state index >= 15 is 0 Å². The molecule has 2 atom stereocenters. The van der Waals surface area contributed by atoms with Gasteiger partial charge in [0.05, 0.1) is 10.9 Å². The number of rotatable bonds is 4. The van der Waals surface area contributed by atoms with Crippen LogP contribution in [0.15, 0.2) is 17.1 Å². The average Bonchev–Trinajstić information content (AvgIpc) is 3.18. The second-order valence-corrected chi connectivity index (χ2v) is 8.41. The van der Waals surface area contributed by atoms with Gasteiger partial charge in [-0.1, -0.05) is 0 Å². The molecule has 4 heterocycles. The summed E-state index contributed by atoms with van der Waals surface area (Å²) in [7, 11) is 3.71. The van der Waals surface area contributed by atoms with Crippen LogP contribution in [0.3, 0.4) is 0 Å². The van der Waals surface area contributed by atoms with Crippen LogP contribution in [0.4, 0.5) is 5.95 Å². The van der Waals surface area contributed by atoms with Crippen LogP contribution in [-0.2, 0) is 9.59 Å². The van der Waals surface area contributed by atoms with Crippen molar-refractivity contribution in [1.82, 2.24) is 24.8 Å². The summed E-state index contributed by atoms with van der Waals surface area (Å²) < 4.78 is 0. The van der Waals surface area contributed by atoms with Crippen molar-refractivity contribution in [1.29, 1.82) is 0 Å². The van der Waals surface area contributed by atoms with Gasteiger partial charge in [-0.15, -0.1) is 0 Å². The number of hydrogen-bond acceptors (Lipinski definition) is 6. The fourth-order valence-electron chi connectivity index (χ4n) is 4.39. The van der Waals surface area contributed by atoms with Gasteiger partial charge < -0.3 is 19.7 Å². The molecule has 2 aromatic heterocycles. The molecule has 0 aromatic carbocycles. The molecule has 0 saturated carbocycles. The molecule has 4 rings (SSSR count). The van der Waals surface area contributed by atoms with Crippen molar-refractivity contribution >= 4 is 28.7 Å². The first-order valence-corrected chi connectivity index (χ1v) is 10.5. The Balaban J connectivity index is 1.56. The zero-order valence-electron chi connectivity index (χ0n) is 17.7. The van der Waals surface area contributed by atoms with Crippen LogP contribution in [-0.4, -0.2) is 76.3 Å². The lowest BCUT2D eigenvalue weighted by Crippen LogP contribution is -2.50. The quantitative estimate of drug-likeness (QED) is 0.807. The topological polar surface area (TPSA) is 102 Å². The lowest BCUT2D eigenvalue weighted by molar-refractivity contribution is -0.143. The van der Waals surface area contributed by atoms with E-state index in [9.17, 15) is 14.4 Å². The fourth-order valence-corrected chi connectivity index (χ4v) is 4.39. The van der Waals surface area contributed by atoms with Crippen LogP contribution >= 0.6 is 0 Å². The SMILES string of the molecule is CC(C(=O)N1CCCC(c2cc3nc(N(C)C)ncc3c(=O)[nH]2)C1)N1CCCC1=O. The molecule has 2 amide bonds. The number of likely N-dealkylation sites (tertiary alicyclic amines) is 2. The Morgan fingerprint density at radius 3 is 2.77 bits per heavy atom. The van der Waals surface area contributed by atoms with Gasteiger partial charge in [-0.2, -0.15) is 0 Å². The van der Waals surface area contributed by atoms with Gasteiger partial charge in [-0.25, -0.2) is 9.97 Å². The average molecular weight is 412 g/mol. The van der Waals surface area contributed by atoms with Crippen molar-refractivity contribution in [3.05, 3.63) is 28.3 Å². The Morgan fingerprint density at radius 2 is 2.07 bits per heavy atom. The Kier molecular flexibility index (Phi) is 5.44. The first-order valence-electron chi connectivity index (χ1n) is 10.5. The van der Waals surface area contributed by atoms with E-state index in [-0.39, 0.29) is 23.3 Å². The van der Waals surface area contributed by atoms with E-state index in [1.165, 1.54) is 0 Å². The number of carbonyl (C=O) groups excluding carboxylic acids is 2. The molecule has 2 aliphatic heterocycles. The van der Waals surface area contributed by atoms with Gasteiger partial charge in [0.25, 0.3) is 5.56 Å². The number of amides is 2. The third-order valence-electron chi connectivity index (χ3n) is 6.11. The number of anilines is 1. The summed E-state index contributed by atoms with van der Waals surface area (Å²) in [6.45, 7) is 3.66. The Morgan fingerprint density at radius 1 is 1.27 bits per heavy atom. The zero-order chi connectivity index (χ0) is 21.4. The molecule has 2 unspecified atom stereocenters. The van der Waals surface area contributed by atoms with E-state index in [4.69, 9.17) is 0 Å². The molecule has 0 aliphatic carbocycles. The van der Waals surface area contributed by atoms with E-state index in [2.05, 4.69) is 15.0 Å². The first-order chi connectivity index (χ1) is 14.3. The van der Waals surface area contributed by atoms with Gasteiger partial charge in [0.2, 0.25) is 17.8 Å². The van der Waals surface area contributed by atoms with E-state index in [0.29, 0.717) is 42.9 Å². The van der Waals surface area contributed by atoms with Crippen molar-refractivity contribution in [2.45, 2.75) is 44.6 Å². The molecule has 2 aromatic rings. The molecule has 2 saturated heterocycles. The maximum atomic E-state index is 13.0. The number of nitrogens with one attached hydrogen (secondary N) is 1. The molecule has 9 nitrogen and oxygen atoms in total. The minimum atomic E-state index is -0.440. The normalized spacial score (nSPS) is 20.6. The Hall–Kier alpha value is -2.97. The number of aromatic amines is 1. The highest BCUT2D eigenvalue weighted by atomic mass is 16.2. The lowest BCUT2D eigenvalue weighted by Gasteiger charge is -2.36.